The first-order chi connectivity index (χ1) is 16.0. The summed E-state index contributed by atoms with van der Waals surface area (Å²) < 4.78 is 20.0. The number of nitrogens with one attached hydrogen (secondary N) is 1. The average Bonchev–Trinajstić information content (AvgIpc) is 2.84. The number of carbonyl (C=O) groups excluding carboxylic acids is 2. The Bertz CT molecular complexity index is 1000. The van der Waals surface area contributed by atoms with Crippen LogP contribution in [0.4, 0.5) is 4.39 Å². The smallest absolute Gasteiger partial charge is 0.256 e. The zero-order valence-corrected chi connectivity index (χ0v) is 19.5. The summed E-state index contributed by atoms with van der Waals surface area (Å²) in [7, 11) is 0. The van der Waals surface area contributed by atoms with Gasteiger partial charge in [-0.3, -0.25) is 9.59 Å². The maximum atomic E-state index is 14.1. The molecular formula is C26H30ClFN2O3. The molecule has 0 atom stereocenters. The molecule has 4 rings (SSSR count). The molecule has 0 aliphatic carbocycles. The van der Waals surface area contributed by atoms with Crippen molar-refractivity contribution in [2.75, 3.05) is 26.2 Å². The fourth-order valence-electron chi connectivity index (χ4n) is 4.81. The second-order valence-electron chi connectivity index (χ2n) is 9.11. The predicted molar refractivity (Wildman–Crippen MR) is 126 cm³/mol. The standard InChI is InChI=1S/C26H30ClFN2O3/c27-19-9-10-23-21(17-19)24(31)29-18-26(11-5-1-2-6-16-33-23)12-14-30(15-13-26)25(32)20-7-3-4-8-22(20)28/h3-4,7-10,17H,1-2,5-6,11-16,18H2,(H,29,31). The fourth-order valence-corrected chi connectivity index (χ4v) is 4.98. The number of amides is 2. The summed E-state index contributed by atoms with van der Waals surface area (Å²) in [6, 6.07) is 11.2. The van der Waals surface area contributed by atoms with Crippen molar-refractivity contribution in [3.8, 4) is 5.75 Å². The molecule has 0 saturated carbocycles. The van der Waals surface area contributed by atoms with E-state index >= 15 is 0 Å². The van der Waals surface area contributed by atoms with Gasteiger partial charge in [-0.15, -0.1) is 0 Å². The van der Waals surface area contributed by atoms with Gasteiger partial charge in [0.1, 0.15) is 11.6 Å². The van der Waals surface area contributed by atoms with Crippen molar-refractivity contribution in [3.05, 3.63) is 64.4 Å². The number of ether oxygens (including phenoxy) is 1. The zero-order valence-electron chi connectivity index (χ0n) is 18.7. The minimum atomic E-state index is -0.489. The van der Waals surface area contributed by atoms with Crippen molar-refractivity contribution in [2.24, 2.45) is 5.41 Å². The third-order valence-corrected chi connectivity index (χ3v) is 7.12. The third kappa shape index (κ3) is 5.67. The molecule has 1 saturated heterocycles. The van der Waals surface area contributed by atoms with E-state index in [-0.39, 0.29) is 22.8 Å². The minimum Gasteiger partial charge on any atom is -0.493 e. The molecule has 0 radical (unpaired) electrons. The number of carbonyl (C=O) groups is 2. The molecule has 1 fully saturated rings. The molecule has 1 spiro atoms. The second kappa shape index (κ2) is 10.6. The highest BCUT2D eigenvalue weighted by Crippen LogP contribution is 2.37. The quantitative estimate of drug-likeness (QED) is 0.598. The van der Waals surface area contributed by atoms with Crippen LogP contribution in [0.1, 0.15) is 65.7 Å². The van der Waals surface area contributed by atoms with Crippen LogP contribution in [-0.2, 0) is 0 Å². The summed E-state index contributed by atoms with van der Waals surface area (Å²) >= 11 is 6.14. The summed E-state index contributed by atoms with van der Waals surface area (Å²) in [5.41, 5.74) is 0.476. The largest absolute Gasteiger partial charge is 0.493 e. The van der Waals surface area contributed by atoms with Crippen molar-refractivity contribution in [1.29, 1.82) is 0 Å². The number of rotatable bonds is 1. The Balaban J connectivity index is 1.47. The maximum absolute atomic E-state index is 14.1. The molecule has 5 nitrogen and oxygen atoms in total. The number of likely N-dealkylation sites (tertiary alicyclic amines) is 1. The molecule has 2 aliphatic heterocycles. The van der Waals surface area contributed by atoms with Gasteiger partial charge in [-0.25, -0.2) is 4.39 Å². The summed E-state index contributed by atoms with van der Waals surface area (Å²) in [4.78, 5) is 27.6. The molecule has 2 heterocycles. The first-order valence-corrected chi connectivity index (χ1v) is 12.1. The second-order valence-corrected chi connectivity index (χ2v) is 9.54. The molecule has 2 aromatic rings. The summed E-state index contributed by atoms with van der Waals surface area (Å²) in [5, 5.41) is 3.60. The number of hydrogen-bond acceptors (Lipinski definition) is 3. The van der Waals surface area contributed by atoms with E-state index in [1.807, 2.05) is 0 Å². The molecule has 2 amide bonds. The Labute approximate surface area is 199 Å². The Kier molecular flexibility index (Phi) is 7.53. The molecule has 33 heavy (non-hydrogen) atoms. The number of fused-ring (bicyclic) bond motifs is 1. The van der Waals surface area contributed by atoms with E-state index in [0.29, 0.717) is 42.6 Å². The number of hydrogen-bond donors (Lipinski definition) is 1. The lowest BCUT2D eigenvalue weighted by molar-refractivity contribution is 0.0532. The number of piperidine rings is 1. The van der Waals surface area contributed by atoms with Gasteiger partial charge in [0.25, 0.3) is 11.8 Å². The molecule has 0 bridgehead atoms. The molecule has 1 N–H and O–H groups in total. The van der Waals surface area contributed by atoms with Crippen LogP contribution < -0.4 is 10.1 Å². The van der Waals surface area contributed by atoms with E-state index in [1.165, 1.54) is 12.1 Å². The van der Waals surface area contributed by atoms with Gasteiger partial charge < -0.3 is 15.0 Å². The van der Waals surface area contributed by atoms with Crippen LogP contribution in [0.2, 0.25) is 5.02 Å². The summed E-state index contributed by atoms with van der Waals surface area (Å²) in [6.07, 6.45) is 6.69. The Morgan fingerprint density at radius 1 is 1.03 bits per heavy atom. The molecule has 0 aromatic heterocycles. The van der Waals surface area contributed by atoms with Crippen LogP contribution in [0.15, 0.2) is 42.5 Å². The van der Waals surface area contributed by atoms with Crippen LogP contribution in [0, 0.1) is 11.2 Å². The minimum absolute atomic E-state index is 0.0880. The number of halogens is 2. The lowest BCUT2D eigenvalue weighted by Crippen LogP contribution is -2.48. The van der Waals surface area contributed by atoms with Gasteiger partial charge in [-0.05, 0) is 61.4 Å². The van der Waals surface area contributed by atoms with Crippen molar-refractivity contribution < 1.29 is 18.7 Å². The summed E-state index contributed by atoms with van der Waals surface area (Å²) in [5.74, 6) is -0.402. The van der Waals surface area contributed by atoms with Gasteiger partial charge in [0.15, 0.2) is 0 Å². The third-order valence-electron chi connectivity index (χ3n) is 6.88. The normalized spacial score (nSPS) is 19.3. The molecule has 7 heteroatoms. The van der Waals surface area contributed by atoms with Crippen LogP contribution >= 0.6 is 11.6 Å². The van der Waals surface area contributed by atoms with E-state index < -0.39 is 5.82 Å². The topological polar surface area (TPSA) is 58.6 Å². The highest BCUT2D eigenvalue weighted by atomic mass is 35.5. The molecular weight excluding hydrogens is 443 g/mol. The molecule has 2 aliphatic rings. The monoisotopic (exact) mass is 472 g/mol. The summed E-state index contributed by atoms with van der Waals surface area (Å²) in [6.45, 7) is 2.20. The van der Waals surface area contributed by atoms with E-state index in [4.69, 9.17) is 16.3 Å². The number of nitrogens with zero attached hydrogens (tertiary/aromatic N) is 1. The first kappa shape index (κ1) is 23.6. The SMILES string of the molecule is O=C1NCC2(CCCCCCOc3ccc(Cl)cc31)CCN(C(=O)c1ccccc1F)CC2. The first-order valence-electron chi connectivity index (χ1n) is 11.7. The van der Waals surface area contributed by atoms with Crippen molar-refractivity contribution in [1.82, 2.24) is 10.2 Å². The zero-order chi connectivity index (χ0) is 23.3. The van der Waals surface area contributed by atoms with Crippen LogP contribution in [0.3, 0.4) is 0 Å². The van der Waals surface area contributed by atoms with Gasteiger partial charge >= 0.3 is 0 Å². The van der Waals surface area contributed by atoms with Crippen LogP contribution in [0.5, 0.6) is 5.75 Å². The predicted octanol–water partition coefficient (Wildman–Crippen LogP) is 5.47. The molecule has 2 aromatic carbocycles. The van der Waals surface area contributed by atoms with Crippen molar-refractivity contribution in [2.45, 2.75) is 44.9 Å². The van der Waals surface area contributed by atoms with Gasteiger partial charge in [-0.1, -0.05) is 43.0 Å². The van der Waals surface area contributed by atoms with E-state index in [1.54, 1.807) is 35.2 Å². The Morgan fingerprint density at radius 2 is 1.79 bits per heavy atom. The van der Waals surface area contributed by atoms with Gasteiger partial charge in [0, 0.05) is 24.7 Å². The number of benzene rings is 2. The van der Waals surface area contributed by atoms with Crippen molar-refractivity contribution in [3.63, 3.8) is 0 Å². The van der Waals surface area contributed by atoms with Gasteiger partial charge in [0.05, 0.1) is 17.7 Å². The van der Waals surface area contributed by atoms with E-state index in [0.717, 1.165) is 44.9 Å². The fraction of sp³-hybridized carbons (Fsp3) is 0.462. The van der Waals surface area contributed by atoms with Crippen LogP contribution in [0.25, 0.3) is 0 Å². The molecule has 0 unspecified atom stereocenters. The van der Waals surface area contributed by atoms with Crippen LogP contribution in [-0.4, -0.2) is 43.0 Å². The van der Waals surface area contributed by atoms with Gasteiger partial charge in [-0.2, -0.15) is 0 Å². The van der Waals surface area contributed by atoms with E-state index in [9.17, 15) is 14.0 Å². The average molecular weight is 473 g/mol. The van der Waals surface area contributed by atoms with E-state index in [2.05, 4.69) is 5.32 Å². The highest BCUT2D eigenvalue weighted by Gasteiger charge is 2.36. The maximum Gasteiger partial charge on any atom is 0.256 e. The Hall–Kier alpha value is -2.60. The lowest BCUT2D eigenvalue weighted by Gasteiger charge is -2.42. The van der Waals surface area contributed by atoms with Gasteiger partial charge in [0.2, 0.25) is 0 Å². The lowest BCUT2D eigenvalue weighted by atomic mass is 9.74. The highest BCUT2D eigenvalue weighted by molar-refractivity contribution is 6.31. The molecule has 176 valence electrons. The Morgan fingerprint density at radius 3 is 2.58 bits per heavy atom. The van der Waals surface area contributed by atoms with Crippen molar-refractivity contribution >= 4 is 23.4 Å².